The molecule has 0 aliphatic carbocycles. The first-order valence-electron chi connectivity index (χ1n) is 5.74. The highest BCUT2D eigenvalue weighted by atomic mass is 16.5. The number of nitrogens with one attached hydrogen (secondary N) is 1. The van der Waals surface area contributed by atoms with Crippen LogP contribution in [-0.4, -0.2) is 25.3 Å². The number of fused-ring (bicyclic) bond motifs is 1. The van der Waals surface area contributed by atoms with E-state index >= 15 is 0 Å². The first-order valence-corrected chi connectivity index (χ1v) is 5.74. The molecule has 0 radical (unpaired) electrons. The molecule has 1 saturated heterocycles. The summed E-state index contributed by atoms with van der Waals surface area (Å²) in [4.78, 5) is 0. The van der Waals surface area contributed by atoms with Gasteiger partial charge in [-0.2, -0.15) is 0 Å². The van der Waals surface area contributed by atoms with E-state index in [-0.39, 0.29) is 0 Å². The summed E-state index contributed by atoms with van der Waals surface area (Å²) in [5.41, 5.74) is 0.100. The van der Waals surface area contributed by atoms with Gasteiger partial charge in [-0.1, -0.05) is 30.3 Å². The van der Waals surface area contributed by atoms with E-state index in [1.807, 2.05) is 36.4 Å². The van der Waals surface area contributed by atoms with Crippen molar-refractivity contribution in [2.45, 2.75) is 5.60 Å². The van der Waals surface area contributed by atoms with E-state index in [4.69, 9.17) is 4.74 Å². The maximum absolute atomic E-state index is 10.5. The Hall–Kier alpha value is -1.58. The van der Waals surface area contributed by atoms with Gasteiger partial charge in [0.1, 0.15) is 11.4 Å². The van der Waals surface area contributed by atoms with Crippen LogP contribution in [0.5, 0.6) is 5.75 Å². The summed E-state index contributed by atoms with van der Waals surface area (Å²) in [6.07, 6.45) is 0. The minimum Gasteiger partial charge on any atom is -0.496 e. The van der Waals surface area contributed by atoms with Crippen molar-refractivity contribution in [3.8, 4) is 5.75 Å². The molecule has 1 heterocycles. The van der Waals surface area contributed by atoms with Gasteiger partial charge < -0.3 is 15.2 Å². The predicted octanol–water partition coefficient (Wildman–Crippen LogP) is 1.64. The van der Waals surface area contributed by atoms with Gasteiger partial charge in [-0.05, 0) is 16.8 Å². The van der Waals surface area contributed by atoms with E-state index < -0.39 is 5.60 Å². The fourth-order valence-electron chi connectivity index (χ4n) is 2.44. The van der Waals surface area contributed by atoms with Gasteiger partial charge in [0.25, 0.3) is 0 Å². The average Bonchev–Trinajstić information content (AvgIpc) is 2.34. The minimum atomic E-state index is -0.799. The van der Waals surface area contributed by atoms with Crippen LogP contribution in [0.25, 0.3) is 10.8 Å². The Kier molecular flexibility index (Phi) is 2.31. The van der Waals surface area contributed by atoms with Gasteiger partial charge in [0.05, 0.1) is 7.11 Å². The van der Waals surface area contributed by atoms with E-state index in [1.165, 1.54) is 0 Å². The summed E-state index contributed by atoms with van der Waals surface area (Å²) in [6.45, 7) is 1.16. The first-order chi connectivity index (χ1) is 8.24. The zero-order chi connectivity index (χ0) is 11.9. The third-order valence-electron chi connectivity index (χ3n) is 3.41. The summed E-state index contributed by atoms with van der Waals surface area (Å²) in [6, 6.07) is 12.0. The van der Waals surface area contributed by atoms with Crippen molar-refractivity contribution in [2.24, 2.45) is 0 Å². The SMILES string of the molecule is COc1ccc2ccccc2c1C1(O)CNC1. The van der Waals surface area contributed by atoms with Gasteiger partial charge in [-0.25, -0.2) is 0 Å². The minimum absolute atomic E-state index is 0.581. The van der Waals surface area contributed by atoms with E-state index in [9.17, 15) is 5.11 Å². The zero-order valence-electron chi connectivity index (χ0n) is 9.73. The quantitative estimate of drug-likeness (QED) is 0.822. The fraction of sp³-hybridized carbons (Fsp3) is 0.286. The lowest BCUT2D eigenvalue weighted by Crippen LogP contribution is -2.56. The van der Waals surface area contributed by atoms with Crippen LogP contribution in [0.2, 0.25) is 0 Å². The summed E-state index contributed by atoms with van der Waals surface area (Å²) in [5, 5.41) is 15.9. The highest BCUT2D eigenvalue weighted by Crippen LogP contribution is 2.38. The molecule has 1 aliphatic heterocycles. The Morgan fingerprint density at radius 1 is 1.18 bits per heavy atom. The van der Waals surface area contributed by atoms with Gasteiger partial charge in [0.15, 0.2) is 0 Å². The third kappa shape index (κ3) is 1.51. The molecule has 2 aromatic rings. The third-order valence-corrected chi connectivity index (χ3v) is 3.41. The highest BCUT2D eigenvalue weighted by molar-refractivity contribution is 5.88. The molecular weight excluding hydrogens is 214 g/mol. The number of hydrogen-bond acceptors (Lipinski definition) is 3. The van der Waals surface area contributed by atoms with Crippen molar-refractivity contribution in [3.05, 3.63) is 42.0 Å². The number of benzene rings is 2. The fourth-order valence-corrected chi connectivity index (χ4v) is 2.44. The summed E-state index contributed by atoms with van der Waals surface area (Å²) >= 11 is 0. The summed E-state index contributed by atoms with van der Waals surface area (Å²) < 4.78 is 5.39. The van der Waals surface area contributed by atoms with Crippen LogP contribution in [0.1, 0.15) is 5.56 Å². The topological polar surface area (TPSA) is 41.5 Å². The summed E-state index contributed by atoms with van der Waals surface area (Å²) in [5.74, 6) is 0.757. The molecule has 0 aromatic heterocycles. The molecule has 0 saturated carbocycles. The van der Waals surface area contributed by atoms with Crippen molar-refractivity contribution in [1.29, 1.82) is 0 Å². The maximum Gasteiger partial charge on any atom is 0.125 e. The second-order valence-electron chi connectivity index (χ2n) is 4.50. The predicted molar refractivity (Wildman–Crippen MR) is 67.3 cm³/mol. The maximum atomic E-state index is 10.5. The lowest BCUT2D eigenvalue weighted by atomic mass is 9.84. The van der Waals surface area contributed by atoms with Gasteiger partial charge in [0, 0.05) is 18.7 Å². The largest absolute Gasteiger partial charge is 0.496 e. The molecule has 0 spiro atoms. The molecule has 2 N–H and O–H groups in total. The molecule has 3 nitrogen and oxygen atoms in total. The molecular formula is C14H15NO2. The highest BCUT2D eigenvalue weighted by Gasteiger charge is 2.39. The molecule has 0 bridgehead atoms. The molecule has 3 heteroatoms. The van der Waals surface area contributed by atoms with Gasteiger partial charge in [-0.15, -0.1) is 0 Å². The Morgan fingerprint density at radius 3 is 2.59 bits per heavy atom. The molecule has 1 aliphatic rings. The molecule has 88 valence electrons. The van der Waals surface area contributed by atoms with Gasteiger partial charge in [0.2, 0.25) is 0 Å². The number of rotatable bonds is 2. The smallest absolute Gasteiger partial charge is 0.125 e. The van der Waals surface area contributed by atoms with E-state index in [1.54, 1.807) is 7.11 Å². The van der Waals surface area contributed by atoms with Crippen LogP contribution < -0.4 is 10.1 Å². The van der Waals surface area contributed by atoms with Crippen LogP contribution in [0.15, 0.2) is 36.4 Å². The second-order valence-corrected chi connectivity index (χ2v) is 4.50. The summed E-state index contributed by atoms with van der Waals surface area (Å²) in [7, 11) is 1.64. The monoisotopic (exact) mass is 229 g/mol. The molecule has 2 aromatic carbocycles. The first kappa shape index (κ1) is 10.6. The molecule has 1 fully saturated rings. The number of aliphatic hydroxyl groups is 1. The molecule has 0 unspecified atom stereocenters. The number of ether oxygens (including phenoxy) is 1. The van der Waals surface area contributed by atoms with E-state index in [0.29, 0.717) is 13.1 Å². The molecule has 0 amide bonds. The normalized spacial score (nSPS) is 17.8. The molecule has 0 atom stereocenters. The van der Waals surface area contributed by atoms with Crippen LogP contribution >= 0.6 is 0 Å². The Balaban J connectivity index is 2.31. The van der Waals surface area contributed by atoms with Crippen molar-refractivity contribution in [2.75, 3.05) is 20.2 Å². The lowest BCUT2D eigenvalue weighted by Gasteiger charge is -2.39. The second kappa shape index (κ2) is 3.72. The van der Waals surface area contributed by atoms with Crippen molar-refractivity contribution >= 4 is 10.8 Å². The molecule has 3 rings (SSSR count). The van der Waals surface area contributed by atoms with Crippen LogP contribution in [0.3, 0.4) is 0 Å². The standard InChI is InChI=1S/C14H15NO2/c1-17-12-7-6-10-4-2-3-5-11(10)13(12)14(16)8-15-9-14/h2-7,15-16H,8-9H2,1H3. The Labute approximate surface area is 100 Å². The van der Waals surface area contributed by atoms with Gasteiger partial charge >= 0.3 is 0 Å². The number of β-amino-alcohol motifs (C(OH)–C–C–N with tert-alkyl or cyclic N) is 1. The van der Waals surface area contributed by atoms with E-state index in [0.717, 1.165) is 22.1 Å². The van der Waals surface area contributed by atoms with Crippen molar-refractivity contribution < 1.29 is 9.84 Å². The van der Waals surface area contributed by atoms with Crippen LogP contribution in [0.4, 0.5) is 0 Å². The zero-order valence-corrected chi connectivity index (χ0v) is 9.73. The average molecular weight is 229 g/mol. The number of methoxy groups -OCH3 is 1. The van der Waals surface area contributed by atoms with E-state index in [2.05, 4.69) is 5.32 Å². The Bertz CT molecular complexity index is 561. The van der Waals surface area contributed by atoms with Crippen LogP contribution in [-0.2, 0) is 5.60 Å². The van der Waals surface area contributed by atoms with Crippen molar-refractivity contribution in [3.63, 3.8) is 0 Å². The van der Waals surface area contributed by atoms with Crippen molar-refractivity contribution in [1.82, 2.24) is 5.32 Å². The lowest BCUT2D eigenvalue weighted by molar-refractivity contribution is -0.0150. The molecule has 17 heavy (non-hydrogen) atoms. The Morgan fingerprint density at radius 2 is 1.94 bits per heavy atom. The number of hydrogen-bond donors (Lipinski definition) is 2. The van der Waals surface area contributed by atoms with Gasteiger partial charge in [-0.3, -0.25) is 0 Å². The van der Waals surface area contributed by atoms with Crippen LogP contribution in [0, 0.1) is 0 Å².